The first-order chi connectivity index (χ1) is 15.4. The maximum absolute atomic E-state index is 12.4. The van der Waals surface area contributed by atoms with E-state index in [1.54, 1.807) is 7.11 Å². The molecular formula is C25H37N5O2. The van der Waals surface area contributed by atoms with Crippen LogP contribution in [0, 0.1) is 6.92 Å². The second kappa shape index (κ2) is 13.4. The number of nitrogens with one attached hydrogen (secondary N) is 3. The molecule has 0 fully saturated rings. The summed E-state index contributed by atoms with van der Waals surface area (Å²) in [5.74, 6) is 1.59. The van der Waals surface area contributed by atoms with Gasteiger partial charge in [-0.05, 0) is 63.7 Å². The Morgan fingerprint density at radius 3 is 2.59 bits per heavy atom. The molecule has 174 valence electrons. The number of hydrogen-bond donors (Lipinski definition) is 3. The van der Waals surface area contributed by atoms with Crippen molar-refractivity contribution in [3.63, 3.8) is 0 Å². The molecule has 0 atom stereocenters. The van der Waals surface area contributed by atoms with Gasteiger partial charge in [0.1, 0.15) is 5.75 Å². The number of methoxy groups -OCH3 is 1. The predicted molar refractivity (Wildman–Crippen MR) is 132 cm³/mol. The first kappa shape index (κ1) is 25.2. The highest BCUT2D eigenvalue weighted by Crippen LogP contribution is 2.19. The molecule has 32 heavy (non-hydrogen) atoms. The number of benzene rings is 2. The van der Waals surface area contributed by atoms with Crippen LogP contribution in [0.3, 0.4) is 0 Å². The fourth-order valence-corrected chi connectivity index (χ4v) is 3.24. The van der Waals surface area contributed by atoms with Crippen LogP contribution in [0.5, 0.6) is 5.75 Å². The molecule has 0 bridgehead atoms. The van der Waals surface area contributed by atoms with Crippen molar-refractivity contribution in [1.82, 2.24) is 20.9 Å². The fraction of sp³-hybridized carbons (Fsp3) is 0.440. The Labute approximate surface area is 192 Å². The van der Waals surface area contributed by atoms with Crippen molar-refractivity contribution in [2.75, 3.05) is 47.4 Å². The second-order valence-electron chi connectivity index (χ2n) is 7.95. The number of likely N-dealkylation sites (N-methyl/N-ethyl adjacent to an activating group) is 1. The van der Waals surface area contributed by atoms with Crippen LogP contribution in [-0.4, -0.2) is 64.2 Å². The van der Waals surface area contributed by atoms with Gasteiger partial charge in [0.15, 0.2) is 5.96 Å². The van der Waals surface area contributed by atoms with E-state index in [0.717, 1.165) is 43.3 Å². The fourth-order valence-electron chi connectivity index (χ4n) is 3.24. The molecule has 0 spiro atoms. The summed E-state index contributed by atoms with van der Waals surface area (Å²) in [5.41, 5.74) is 4.03. The number of aryl methyl sites for hydroxylation is 1. The van der Waals surface area contributed by atoms with Crippen molar-refractivity contribution in [2.45, 2.75) is 26.8 Å². The maximum Gasteiger partial charge on any atom is 0.251 e. The van der Waals surface area contributed by atoms with Gasteiger partial charge < -0.3 is 25.6 Å². The Hall–Kier alpha value is -3.06. The lowest BCUT2D eigenvalue weighted by Crippen LogP contribution is -2.38. The van der Waals surface area contributed by atoms with E-state index in [1.807, 2.05) is 56.3 Å². The minimum Gasteiger partial charge on any atom is -0.496 e. The normalized spacial score (nSPS) is 11.4. The predicted octanol–water partition coefficient (Wildman–Crippen LogP) is 2.59. The molecule has 2 aromatic carbocycles. The number of carbonyl (C=O) groups excluding carboxylic acids is 1. The van der Waals surface area contributed by atoms with E-state index in [-0.39, 0.29) is 5.91 Å². The summed E-state index contributed by atoms with van der Waals surface area (Å²) in [6, 6.07) is 13.8. The summed E-state index contributed by atoms with van der Waals surface area (Å²) < 4.78 is 5.47. The minimum absolute atomic E-state index is 0.0604. The van der Waals surface area contributed by atoms with Gasteiger partial charge in [-0.1, -0.05) is 29.8 Å². The molecule has 0 saturated heterocycles. The molecule has 0 aromatic heterocycles. The van der Waals surface area contributed by atoms with Crippen LogP contribution in [0.1, 0.15) is 34.0 Å². The molecule has 2 rings (SSSR count). The zero-order chi connectivity index (χ0) is 23.3. The van der Waals surface area contributed by atoms with Gasteiger partial charge in [0.2, 0.25) is 0 Å². The third kappa shape index (κ3) is 8.59. The lowest BCUT2D eigenvalue weighted by Gasteiger charge is -2.13. The Morgan fingerprint density at radius 2 is 1.88 bits per heavy atom. The van der Waals surface area contributed by atoms with Crippen molar-refractivity contribution in [3.05, 3.63) is 64.7 Å². The van der Waals surface area contributed by atoms with Gasteiger partial charge in [-0.15, -0.1) is 0 Å². The molecule has 0 saturated carbocycles. The average Bonchev–Trinajstić information content (AvgIpc) is 2.77. The Bertz CT molecular complexity index is 896. The highest BCUT2D eigenvalue weighted by molar-refractivity contribution is 5.94. The summed E-state index contributed by atoms with van der Waals surface area (Å²) >= 11 is 0. The van der Waals surface area contributed by atoms with Crippen LogP contribution in [-0.2, 0) is 13.0 Å². The monoisotopic (exact) mass is 439 g/mol. The van der Waals surface area contributed by atoms with E-state index in [1.165, 1.54) is 11.1 Å². The van der Waals surface area contributed by atoms with Crippen LogP contribution in [0.4, 0.5) is 0 Å². The summed E-state index contributed by atoms with van der Waals surface area (Å²) in [7, 11) is 5.67. The molecule has 2 aromatic rings. The smallest absolute Gasteiger partial charge is 0.251 e. The molecule has 3 N–H and O–H groups in total. The van der Waals surface area contributed by atoms with E-state index < -0.39 is 0 Å². The molecule has 0 aliphatic heterocycles. The lowest BCUT2D eigenvalue weighted by atomic mass is 10.1. The van der Waals surface area contributed by atoms with E-state index in [0.29, 0.717) is 18.7 Å². The van der Waals surface area contributed by atoms with E-state index >= 15 is 0 Å². The van der Waals surface area contributed by atoms with Crippen molar-refractivity contribution < 1.29 is 9.53 Å². The van der Waals surface area contributed by atoms with Crippen LogP contribution in [0.25, 0.3) is 0 Å². The van der Waals surface area contributed by atoms with Gasteiger partial charge >= 0.3 is 0 Å². The highest BCUT2D eigenvalue weighted by atomic mass is 16.5. The zero-order valence-electron chi connectivity index (χ0n) is 20.0. The number of ether oxygens (including phenoxy) is 1. The molecule has 0 radical (unpaired) electrons. The highest BCUT2D eigenvalue weighted by Gasteiger charge is 2.07. The summed E-state index contributed by atoms with van der Waals surface area (Å²) in [4.78, 5) is 19.1. The van der Waals surface area contributed by atoms with Gasteiger partial charge in [0.25, 0.3) is 5.91 Å². The van der Waals surface area contributed by atoms with Crippen molar-refractivity contribution in [2.24, 2.45) is 4.99 Å². The summed E-state index contributed by atoms with van der Waals surface area (Å²) in [5, 5.41) is 9.61. The first-order valence-corrected chi connectivity index (χ1v) is 11.1. The molecule has 7 heteroatoms. The number of aliphatic imine (C=N–C) groups is 1. The summed E-state index contributed by atoms with van der Waals surface area (Å²) in [6.45, 7) is 7.55. The van der Waals surface area contributed by atoms with Crippen LogP contribution in [0.15, 0.2) is 47.5 Å². The SMILES string of the molecule is CCNC(=NCc1cccc(C(=O)NCCN(C)C)c1)NCCc1cc(C)ccc1OC. The average molecular weight is 440 g/mol. The molecule has 0 aliphatic carbocycles. The third-order valence-corrected chi connectivity index (χ3v) is 4.92. The van der Waals surface area contributed by atoms with Crippen molar-refractivity contribution in [1.29, 1.82) is 0 Å². The molecule has 7 nitrogen and oxygen atoms in total. The van der Waals surface area contributed by atoms with Gasteiger partial charge in [0.05, 0.1) is 13.7 Å². The van der Waals surface area contributed by atoms with E-state index in [9.17, 15) is 4.79 Å². The Kier molecular flexibility index (Phi) is 10.5. The standard InChI is InChI=1S/C25H37N5O2/c1-6-26-25(28-13-12-21-16-19(2)10-11-23(21)32-5)29-18-20-8-7-9-22(17-20)24(31)27-14-15-30(3)4/h7-11,16-17H,6,12-15,18H2,1-5H3,(H,27,31)(H2,26,28,29). The molecule has 0 aliphatic rings. The first-order valence-electron chi connectivity index (χ1n) is 11.1. The van der Waals surface area contributed by atoms with Gasteiger partial charge in [-0.2, -0.15) is 0 Å². The number of carbonyl (C=O) groups is 1. The number of hydrogen-bond acceptors (Lipinski definition) is 4. The number of rotatable bonds is 11. The summed E-state index contributed by atoms with van der Waals surface area (Å²) in [6.07, 6.45) is 0.831. The molecule has 0 heterocycles. The lowest BCUT2D eigenvalue weighted by molar-refractivity contribution is 0.0951. The third-order valence-electron chi connectivity index (χ3n) is 4.92. The minimum atomic E-state index is -0.0604. The largest absolute Gasteiger partial charge is 0.496 e. The van der Waals surface area contributed by atoms with Gasteiger partial charge in [-0.3, -0.25) is 4.79 Å². The Balaban J connectivity index is 1.95. The van der Waals surface area contributed by atoms with Crippen molar-refractivity contribution >= 4 is 11.9 Å². The maximum atomic E-state index is 12.4. The van der Waals surface area contributed by atoms with E-state index in [4.69, 9.17) is 4.74 Å². The van der Waals surface area contributed by atoms with Crippen molar-refractivity contribution in [3.8, 4) is 5.75 Å². The number of nitrogens with zero attached hydrogens (tertiary/aromatic N) is 2. The molecule has 0 unspecified atom stereocenters. The molecule has 1 amide bonds. The topological polar surface area (TPSA) is 78.0 Å². The van der Waals surface area contributed by atoms with Crippen LogP contribution in [0.2, 0.25) is 0 Å². The van der Waals surface area contributed by atoms with Crippen LogP contribution < -0.4 is 20.7 Å². The number of guanidine groups is 1. The zero-order valence-corrected chi connectivity index (χ0v) is 20.0. The van der Waals surface area contributed by atoms with E-state index in [2.05, 4.69) is 40.0 Å². The van der Waals surface area contributed by atoms with Crippen LogP contribution >= 0.6 is 0 Å². The Morgan fingerprint density at radius 1 is 1.06 bits per heavy atom. The van der Waals surface area contributed by atoms with Gasteiger partial charge in [0, 0.05) is 31.7 Å². The quantitative estimate of drug-likeness (QED) is 0.371. The number of amides is 1. The second-order valence-corrected chi connectivity index (χ2v) is 7.95. The van der Waals surface area contributed by atoms with Gasteiger partial charge in [-0.25, -0.2) is 4.99 Å². The molecular weight excluding hydrogens is 402 g/mol.